The van der Waals surface area contributed by atoms with E-state index < -0.39 is 5.41 Å². The van der Waals surface area contributed by atoms with E-state index in [4.69, 9.17) is 23.2 Å². The van der Waals surface area contributed by atoms with Crippen molar-refractivity contribution in [1.82, 2.24) is 0 Å². The molecule has 0 fully saturated rings. The van der Waals surface area contributed by atoms with Crippen molar-refractivity contribution in [3.05, 3.63) is 28.3 Å². The molecule has 0 aromatic heterocycles. The van der Waals surface area contributed by atoms with Crippen molar-refractivity contribution in [2.45, 2.75) is 40.5 Å². The molecule has 1 aromatic rings. The Balaban J connectivity index is 3.19. The van der Waals surface area contributed by atoms with E-state index in [-0.39, 0.29) is 11.8 Å². The number of anilines is 1. The summed E-state index contributed by atoms with van der Waals surface area (Å²) in [5.41, 5.74) is 2.33. The lowest BCUT2D eigenvalue weighted by atomic mass is 9.94. The van der Waals surface area contributed by atoms with E-state index in [0.29, 0.717) is 5.02 Å². The fourth-order valence-electron chi connectivity index (χ4n) is 1.81. The minimum atomic E-state index is -0.597. The van der Waals surface area contributed by atoms with Crippen LogP contribution in [0.2, 0.25) is 5.02 Å². The molecule has 1 aromatic carbocycles. The summed E-state index contributed by atoms with van der Waals surface area (Å²) < 4.78 is 0. The fourth-order valence-corrected chi connectivity index (χ4v) is 2.22. The lowest BCUT2D eigenvalue weighted by molar-refractivity contribution is -0.122. The van der Waals surface area contributed by atoms with Crippen LogP contribution < -0.4 is 5.32 Å². The molecular formula is C15H21Cl2NO. The Bertz CT molecular complexity index is 469. The lowest BCUT2D eigenvalue weighted by Gasteiger charge is -2.23. The normalized spacial score (nSPS) is 11.5. The second-order valence-electron chi connectivity index (χ2n) is 5.24. The van der Waals surface area contributed by atoms with Crippen LogP contribution in [0.1, 0.15) is 38.8 Å². The molecule has 0 aliphatic carbocycles. The molecule has 0 radical (unpaired) electrons. The second kappa shape index (κ2) is 6.62. The highest BCUT2D eigenvalue weighted by atomic mass is 35.5. The monoisotopic (exact) mass is 301 g/mol. The average Bonchev–Trinajstić information content (AvgIpc) is 2.39. The maximum atomic E-state index is 12.3. The van der Waals surface area contributed by atoms with Gasteiger partial charge in [-0.05, 0) is 43.9 Å². The predicted molar refractivity (Wildman–Crippen MR) is 83.3 cm³/mol. The largest absolute Gasteiger partial charge is 0.325 e. The number of carbonyl (C=O) groups is 1. The van der Waals surface area contributed by atoms with Crippen LogP contribution in [0.4, 0.5) is 5.69 Å². The number of amides is 1. The van der Waals surface area contributed by atoms with Gasteiger partial charge in [-0.3, -0.25) is 4.79 Å². The number of carbonyl (C=O) groups excluding carboxylic acids is 1. The number of benzene rings is 1. The Kier molecular flexibility index (Phi) is 5.69. The first kappa shape index (κ1) is 16.3. The van der Waals surface area contributed by atoms with Crippen molar-refractivity contribution >= 4 is 34.8 Å². The molecule has 0 atom stereocenters. The number of aryl methyl sites for hydroxylation is 1. The standard InChI is InChI=1S/C15H21Cl2NO/c1-5-10-7-8-12(17)11(6-2)13(10)18-14(19)15(3,4)9-16/h7-8H,5-6,9H2,1-4H3,(H,18,19). The van der Waals surface area contributed by atoms with E-state index in [1.54, 1.807) is 0 Å². The summed E-state index contributed by atoms with van der Waals surface area (Å²) in [6, 6.07) is 3.85. The van der Waals surface area contributed by atoms with Gasteiger partial charge in [0.2, 0.25) is 5.91 Å². The van der Waals surface area contributed by atoms with Crippen LogP contribution in [-0.4, -0.2) is 11.8 Å². The first-order valence-electron chi connectivity index (χ1n) is 6.55. The summed E-state index contributed by atoms with van der Waals surface area (Å²) in [6.07, 6.45) is 1.63. The zero-order chi connectivity index (χ0) is 14.6. The van der Waals surface area contributed by atoms with E-state index in [9.17, 15) is 4.79 Å². The van der Waals surface area contributed by atoms with Crippen molar-refractivity contribution in [2.75, 3.05) is 11.2 Å². The number of halogens is 2. The van der Waals surface area contributed by atoms with Gasteiger partial charge in [0.1, 0.15) is 0 Å². The Labute approximate surface area is 125 Å². The van der Waals surface area contributed by atoms with Gasteiger partial charge in [-0.25, -0.2) is 0 Å². The van der Waals surface area contributed by atoms with Crippen molar-refractivity contribution in [1.29, 1.82) is 0 Å². The van der Waals surface area contributed by atoms with Gasteiger partial charge in [-0.1, -0.05) is 31.5 Å². The highest BCUT2D eigenvalue weighted by Gasteiger charge is 2.27. The third-order valence-electron chi connectivity index (χ3n) is 3.26. The Morgan fingerprint density at radius 1 is 1.26 bits per heavy atom. The van der Waals surface area contributed by atoms with E-state index in [1.165, 1.54) is 0 Å². The molecule has 1 rings (SSSR count). The van der Waals surface area contributed by atoms with Crippen LogP contribution in [0.25, 0.3) is 0 Å². The SMILES string of the molecule is CCc1ccc(Cl)c(CC)c1NC(=O)C(C)(C)CCl. The predicted octanol–water partition coefficient (Wildman–Crippen LogP) is 4.67. The van der Waals surface area contributed by atoms with Gasteiger partial charge in [0.15, 0.2) is 0 Å². The third-order valence-corrected chi connectivity index (χ3v) is 4.29. The average molecular weight is 302 g/mol. The minimum Gasteiger partial charge on any atom is -0.325 e. The lowest BCUT2D eigenvalue weighted by Crippen LogP contribution is -2.33. The zero-order valence-electron chi connectivity index (χ0n) is 11.9. The van der Waals surface area contributed by atoms with Crippen molar-refractivity contribution in [2.24, 2.45) is 5.41 Å². The van der Waals surface area contributed by atoms with Crippen LogP contribution in [0.3, 0.4) is 0 Å². The molecule has 0 saturated heterocycles. The molecule has 0 spiro atoms. The summed E-state index contributed by atoms with van der Waals surface area (Å²) in [5.74, 6) is 0.205. The zero-order valence-corrected chi connectivity index (χ0v) is 13.5. The highest BCUT2D eigenvalue weighted by molar-refractivity contribution is 6.32. The smallest absolute Gasteiger partial charge is 0.231 e. The van der Waals surface area contributed by atoms with Crippen LogP contribution in [0.15, 0.2) is 12.1 Å². The molecule has 19 heavy (non-hydrogen) atoms. The fraction of sp³-hybridized carbons (Fsp3) is 0.533. The van der Waals surface area contributed by atoms with Gasteiger partial charge in [0.25, 0.3) is 0 Å². The molecule has 0 heterocycles. The summed E-state index contributed by atoms with van der Waals surface area (Å²) in [4.78, 5) is 12.3. The van der Waals surface area contributed by atoms with Gasteiger partial charge in [0, 0.05) is 16.6 Å². The van der Waals surface area contributed by atoms with Gasteiger partial charge in [0.05, 0.1) is 5.41 Å². The van der Waals surface area contributed by atoms with E-state index in [0.717, 1.165) is 29.7 Å². The molecule has 0 aliphatic rings. The number of rotatable bonds is 5. The Hall–Kier alpha value is -0.730. The Morgan fingerprint density at radius 3 is 2.37 bits per heavy atom. The van der Waals surface area contributed by atoms with E-state index >= 15 is 0 Å². The van der Waals surface area contributed by atoms with Crippen LogP contribution in [-0.2, 0) is 17.6 Å². The molecule has 0 aliphatic heterocycles. The van der Waals surface area contributed by atoms with Gasteiger partial charge >= 0.3 is 0 Å². The van der Waals surface area contributed by atoms with Crippen LogP contribution in [0, 0.1) is 5.41 Å². The molecule has 0 saturated carbocycles. The summed E-state index contributed by atoms with van der Waals surface area (Å²) in [5, 5.41) is 3.70. The number of hydrogen-bond acceptors (Lipinski definition) is 1. The molecular weight excluding hydrogens is 281 g/mol. The van der Waals surface area contributed by atoms with Crippen molar-refractivity contribution in [3.63, 3.8) is 0 Å². The van der Waals surface area contributed by atoms with Gasteiger partial charge < -0.3 is 5.32 Å². The molecule has 0 unspecified atom stereocenters. The Morgan fingerprint density at radius 2 is 1.89 bits per heavy atom. The van der Waals surface area contributed by atoms with Crippen LogP contribution in [0.5, 0.6) is 0 Å². The summed E-state index contributed by atoms with van der Waals surface area (Å²) >= 11 is 12.1. The van der Waals surface area contributed by atoms with Crippen molar-refractivity contribution in [3.8, 4) is 0 Å². The summed E-state index contributed by atoms with van der Waals surface area (Å²) in [6.45, 7) is 7.75. The van der Waals surface area contributed by atoms with E-state index in [1.807, 2.05) is 32.9 Å². The molecule has 1 amide bonds. The maximum Gasteiger partial charge on any atom is 0.231 e. The number of nitrogens with one attached hydrogen (secondary N) is 1. The quantitative estimate of drug-likeness (QED) is 0.787. The summed E-state index contributed by atoms with van der Waals surface area (Å²) in [7, 11) is 0. The van der Waals surface area contributed by atoms with Gasteiger partial charge in [-0.2, -0.15) is 0 Å². The minimum absolute atomic E-state index is 0.0748. The topological polar surface area (TPSA) is 29.1 Å². The van der Waals surface area contributed by atoms with Gasteiger partial charge in [-0.15, -0.1) is 11.6 Å². The second-order valence-corrected chi connectivity index (χ2v) is 5.91. The highest BCUT2D eigenvalue weighted by Crippen LogP contribution is 2.31. The number of hydrogen-bond donors (Lipinski definition) is 1. The number of alkyl halides is 1. The molecule has 2 nitrogen and oxygen atoms in total. The van der Waals surface area contributed by atoms with Crippen LogP contribution >= 0.6 is 23.2 Å². The first-order valence-corrected chi connectivity index (χ1v) is 7.46. The molecule has 0 bridgehead atoms. The molecule has 4 heteroatoms. The third kappa shape index (κ3) is 3.64. The first-order chi connectivity index (χ1) is 8.87. The molecule has 106 valence electrons. The van der Waals surface area contributed by atoms with E-state index in [2.05, 4.69) is 12.2 Å². The molecule has 1 N–H and O–H groups in total. The maximum absolute atomic E-state index is 12.3. The van der Waals surface area contributed by atoms with Crippen molar-refractivity contribution < 1.29 is 4.79 Å².